The minimum absolute atomic E-state index is 0.268. The molecule has 0 saturated carbocycles. The highest BCUT2D eigenvalue weighted by atomic mass is 32.1. The molecule has 0 aliphatic heterocycles. The van der Waals surface area contributed by atoms with Crippen LogP contribution in [0.1, 0.15) is 21.0 Å². The number of aliphatic hydroxyl groups is 1. The zero-order valence-electron chi connectivity index (χ0n) is 12.9. The number of nitrogens with two attached hydrogens (primary N) is 1. The third-order valence-corrected chi connectivity index (χ3v) is 4.41. The number of aliphatic hydroxyl groups excluding tert-OH is 1. The van der Waals surface area contributed by atoms with E-state index in [4.69, 9.17) is 10.5 Å². The summed E-state index contributed by atoms with van der Waals surface area (Å²) in [6, 6.07) is 13.1. The average Bonchev–Trinajstić information content (AvgIpc) is 3.03. The van der Waals surface area contributed by atoms with Crippen LogP contribution in [0.15, 0.2) is 42.5 Å². The van der Waals surface area contributed by atoms with E-state index in [1.165, 1.54) is 11.3 Å². The van der Waals surface area contributed by atoms with Crippen molar-refractivity contribution in [1.82, 2.24) is 5.32 Å². The fraction of sp³-hybridized carbons (Fsp3) is 0.353. The van der Waals surface area contributed by atoms with E-state index in [1.54, 1.807) is 6.07 Å². The van der Waals surface area contributed by atoms with E-state index >= 15 is 0 Å². The van der Waals surface area contributed by atoms with E-state index in [0.717, 1.165) is 30.0 Å². The number of benzene rings is 1. The van der Waals surface area contributed by atoms with E-state index in [9.17, 15) is 9.90 Å². The quantitative estimate of drug-likeness (QED) is 0.579. The van der Waals surface area contributed by atoms with Crippen LogP contribution in [-0.4, -0.2) is 36.8 Å². The van der Waals surface area contributed by atoms with Gasteiger partial charge in [0.15, 0.2) is 0 Å². The number of thiophene rings is 1. The minimum atomic E-state index is -0.543. The van der Waals surface area contributed by atoms with Crippen molar-refractivity contribution in [2.75, 3.05) is 19.7 Å². The second-order valence-corrected chi connectivity index (χ2v) is 6.38. The lowest BCUT2D eigenvalue weighted by atomic mass is 10.2. The first-order valence-corrected chi connectivity index (χ1v) is 8.42. The smallest absolute Gasteiger partial charge is 0.258 e. The molecule has 1 unspecified atom stereocenters. The van der Waals surface area contributed by atoms with Gasteiger partial charge in [-0.25, -0.2) is 0 Å². The molecule has 1 aromatic carbocycles. The molecule has 124 valence electrons. The number of aryl methyl sites for hydroxylation is 1. The lowest BCUT2D eigenvalue weighted by molar-refractivity contribution is 0.100. The molecule has 0 aliphatic carbocycles. The van der Waals surface area contributed by atoms with E-state index in [2.05, 4.69) is 5.32 Å². The monoisotopic (exact) mass is 334 g/mol. The molecule has 2 rings (SSSR count). The Balaban J connectivity index is 1.55. The molecule has 1 aromatic heterocycles. The molecule has 1 amide bonds. The van der Waals surface area contributed by atoms with Crippen molar-refractivity contribution in [3.8, 4) is 5.75 Å². The van der Waals surface area contributed by atoms with Crippen molar-refractivity contribution >= 4 is 17.2 Å². The first-order valence-electron chi connectivity index (χ1n) is 7.60. The highest BCUT2D eigenvalue weighted by Crippen LogP contribution is 2.17. The SMILES string of the molecule is NC(=O)c1ccc(CCCNCC(O)COc2ccccc2)s1. The first kappa shape index (κ1) is 17.5. The van der Waals surface area contributed by atoms with Crippen LogP contribution in [0.3, 0.4) is 0 Å². The number of amides is 1. The molecule has 4 N–H and O–H groups in total. The largest absolute Gasteiger partial charge is 0.491 e. The van der Waals surface area contributed by atoms with Crippen molar-refractivity contribution < 1.29 is 14.6 Å². The highest BCUT2D eigenvalue weighted by Gasteiger charge is 2.06. The van der Waals surface area contributed by atoms with Gasteiger partial charge in [-0.1, -0.05) is 18.2 Å². The summed E-state index contributed by atoms with van der Waals surface area (Å²) in [7, 11) is 0. The number of carbonyl (C=O) groups excluding carboxylic acids is 1. The zero-order valence-corrected chi connectivity index (χ0v) is 13.7. The molecule has 6 heteroatoms. The molecule has 0 saturated heterocycles. The van der Waals surface area contributed by atoms with Gasteiger partial charge >= 0.3 is 0 Å². The summed E-state index contributed by atoms with van der Waals surface area (Å²) >= 11 is 1.44. The Hall–Kier alpha value is -1.89. The number of para-hydroxylation sites is 1. The molecule has 0 fully saturated rings. The Kier molecular flexibility index (Phi) is 7.06. The van der Waals surface area contributed by atoms with Crippen LogP contribution >= 0.6 is 11.3 Å². The van der Waals surface area contributed by atoms with Crippen LogP contribution in [0.2, 0.25) is 0 Å². The van der Waals surface area contributed by atoms with Crippen molar-refractivity contribution in [1.29, 1.82) is 0 Å². The summed E-state index contributed by atoms with van der Waals surface area (Å²) in [6.07, 6.45) is 1.28. The van der Waals surface area contributed by atoms with Gasteiger partial charge in [0, 0.05) is 11.4 Å². The molecule has 0 spiro atoms. The Morgan fingerprint density at radius 3 is 2.74 bits per heavy atom. The normalized spacial score (nSPS) is 12.0. The fourth-order valence-corrected chi connectivity index (χ4v) is 2.97. The van der Waals surface area contributed by atoms with Crippen LogP contribution < -0.4 is 15.8 Å². The van der Waals surface area contributed by atoms with Gasteiger partial charge in [0.2, 0.25) is 0 Å². The lowest BCUT2D eigenvalue weighted by Crippen LogP contribution is -2.32. The topological polar surface area (TPSA) is 84.6 Å². The van der Waals surface area contributed by atoms with E-state index in [0.29, 0.717) is 11.4 Å². The predicted molar refractivity (Wildman–Crippen MR) is 92.0 cm³/mol. The summed E-state index contributed by atoms with van der Waals surface area (Å²) in [5, 5.41) is 13.1. The van der Waals surface area contributed by atoms with Gasteiger partial charge in [0.25, 0.3) is 5.91 Å². The van der Waals surface area contributed by atoms with Crippen molar-refractivity contribution in [3.05, 3.63) is 52.2 Å². The Morgan fingerprint density at radius 1 is 1.26 bits per heavy atom. The van der Waals surface area contributed by atoms with Crippen LogP contribution in [-0.2, 0) is 6.42 Å². The molecule has 5 nitrogen and oxygen atoms in total. The van der Waals surface area contributed by atoms with Crippen LogP contribution in [0.5, 0.6) is 5.75 Å². The lowest BCUT2D eigenvalue weighted by Gasteiger charge is -2.13. The Bertz CT molecular complexity index is 601. The molecule has 1 atom stereocenters. The van der Waals surface area contributed by atoms with Gasteiger partial charge in [-0.05, 0) is 43.7 Å². The number of primary amides is 1. The first-order chi connectivity index (χ1) is 11.1. The molecular formula is C17H22N2O3S. The van der Waals surface area contributed by atoms with E-state index in [1.807, 2.05) is 36.4 Å². The third kappa shape index (κ3) is 6.40. The Labute approximate surface area is 140 Å². The predicted octanol–water partition coefficient (Wildman–Crippen LogP) is 1.81. The molecule has 2 aromatic rings. The summed E-state index contributed by atoms with van der Waals surface area (Å²) in [4.78, 5) is 12.8. The van der Waals surface area contributed by atoms with Gasteiger partial charge in [-0.2, -0.15) is 0 Å². The van der Waals surface area contributed by atoms with Crippen LogP contribution in [0.4, 0.5) is 0 Å². The maximum atomic E-state index is 11.0. The molecule has 23 heavy (non-hydrogen) atoms. The van der Waals surface area contributed by atoms with Gasteiger partial charge in [0.1, 0.15) is 18.5 Å². The zero-order chi connectivity index (χ0) is 16.5. The number of rotatable bonds is 10. The van der Waals surface area contributed by atoms with Crippen LogP contribution in [0, 0.1) is 0 Å². The average molecular weight is 334 g/mol. The number of ether oxygens (including phenoxy) is 1. The summed E-state index contributed by atoms with van der Waals surface area (Å²) in [5.41, 5.74) is 5.23. The van der Waals surface area contributed by atoms with Gasteiger partial charge in [-0.15, -0.1) is 11.3 Å². The minimum Gasteiger partial charge on any atom is -0.491 e. The summed E-state index contributed by atoms with van der Waals surface area (Å²) in [5.74, 6) is 0.385. The van der Waals surface area contributed by atoms with E-state index < -0.39 is 6.10 Å². The van der Waals surface area contributed by atoms with Crippen molar-refractivity contribution in [2.24, 2.45) is 5.73 Å². The summed E-state index contributed by atoms with van der Waals surface area (Å²) < 4.78 is 5.49. The maximum absolute atomic E-state index is 11.0. The molecule has 0 bridgehead atoms. The number of hydrogen-bond acceptors (Lipinski definition) is 5. The van der Waals surface area contributed by atoms with Crippen LogP contribution in [0.25, 0.3) is 0 Å². The maximum Gasteiger partial charge on any atom is 0.258 e. The van der Waals surface area contributed by atoms with Gasteiger partial charge in [0.05, 0.1) is 4.88 Å². The van der Waals surface area contributed by atoms with E-state index in [-0.39, 0.29) is 12.5 Å². The highest BCUT2D eigenvalue weighted by molar-refractivity contribution is 7.14. The Morgan fingerprint density at radius 2 is 2.04 bits per heavy atom. The van der Waals surface area contributed by atoms with Crippen molar-refractivity contribution in [2.45, 2.75) is 18.9 Å². The third-order valence-electron chi connectivity index (χ3n) is 3.25. The number of hydrogen-bond donors (Lipinski definition) is 3. The molecule has 0 aliphatic rings. The fourth-order valence-electron chi connectivity index (χ4n) is 2.07. The van der Waals surface area contributed by atoms with Gasteiger partial charge < -0.3 is 20.9 Å². The molecule has 0 radical (unpaired) electrons. The summed E-state index contributed by atoms with van der Waals surface area (Å²) in [6.45, 7) is 1.56. The number of nitrogens with one attached hydrogen (secondary N) is 1. The standard InChI is InChI=1S/C17H22N2O3S/c18-17(21)16-9-8-15(23-16)7-4-10-19-11-13(20)12-22-14-5-2-1-3-6-14/h1-3,5-6,8-9,13,19-20H,4,7,10-12H2,(H2,18,21). The van der Waals surface area contributed by atoms with Crippen molar-refractivity contribution in [3.63, 3.8) is 0 Å². The van der Waals surface area contributed by atoms with Gasteiger partial charge in [-0.3, -0.25) is 4.79 Å². The number of carbonyl (C=O) groups is 1. The molecular weight excluding hydrogens is 312 g/mol. The second-order valence-electron chi connectivity index (χ2n) is 5.22. The second kappa shape index (κ2) is 9.29. The molecule has 1 heterocycles.